The molecule has 0 atom stereocenters. The molecular formula is C28H32BN. The average molecular weight is 393 g/mol. The van der Waals surface area contributed by atoms with E-state index in [9.17, 15) is 0 Å². The summed E-state index contributed by atoms with van der Waals surface area (Å²) < 4.78 is 0. The van der Waals surface area contributed by atoms with Gasteiger partial charge in [-0.2, -0.15) is 0 Å². The first-order valence-corrected chi connectivity index (χ1v) is 10.7. The van der Waals surface area contributed by atoms with Gasteiger partial charge in [-0.15, -0.1) is 6.58 Å². The van der Waals surface area contributed by atoms with E-state index in [0.717, 1.165) is 0 Å². The molecular weight excluding hydrogens is 361 g/mol. The maximum absolute atomic E-state index is 4.57. The van der Waals surface area contributed by atoms with E-state index in [-0.39, 0.29) is 6.71 Å². The smallest absolute Gasteiger partial charge is 0.243 e. The number of nitrogens with zero attached hydrogens (tertiary/aromatic N) is 1. The van der Waals surface area contributed by atoms with E-state index in [2.05, 4.69) is 102 Å². The van der Waals surface area contributed by atoms with Crippen LogP contribution in [0.15, 0.2) is 66.2 Å². The zero-order valence-corrected chi connectivity index (χ0v) is 19.2. The van der Waals surface area contributed by atoms with Gasteiger partial charge in [0.15, 0.2) is 0 Å². The van der Waals surface area contributed by atoms with Gasteiger partial charge >= 0.3 is 0 Å². The van der Waals surface area contributed by atoms with Crippen LogP contribution < -0.4 is 16.4 Å². The molecule has 0 bridgehead atoms. The summed E-state index contributed by atoms with van der Waals surface area (Å²) in [5.74, 6) is 0. The largest absolute Gasteiger partial charge is 0.288 e. The molecule has 0 aliphatic carbocycles. The summed E-state index contributed by atoms with van der Waals surface area (Å²) in [5, 5.41) is 0. The van der Waals surface area contributed by atoms with Gasteiger partial charge in [0.25, 0.3) is 0 Å². The Morgan fingerprint density at radius 3 is 1.70 bits per heavy atom. The van der Waals surface area contributed by atoms with E-state index in [0.29, 0.717) is 6.54 Å². The molecule has 0 amide bonds. The summed E-state index contributed by atoms with van der Waals surface area (Å²) in [5.41, 5.74) is 13.3. The van der Waals surface area contributed by atoms with Crippen LogP contribution in [-0.2, 0) is 0 Å². The first kappa shape index (κ1) is 21.8. The fraction of sp³-hybridized carbons (Fsp3) is 0.250. The molecule has 0 aliphatic heterocycles. The maximum atomic E-state index is 4.57. The molecule has 0 aromatic heterocycles. The monoisotopic (exact) mass is 393 g/mol. The van der Waals surface area contributed by atoms with Crippen molar-refractivity contribution in [3.8, 4) is 0 Å². The second-order valence-corrected chi connectivity index (χ2v) is 8.47. The van der Waals surface area contributed by atoms with Crippen LogP contribution in [0.1, 0.15) is 38.9 Å². The lowest BCUT2D eigenvalue weighted by atomic mass is 9.33. The standard InChI is InChI=1S/C28H32BN/c1-8-13-30-18-25-11-9-10-12-26(25)29(27-21(4)14-19(2)15-22(27)5)28-23(6)16-20(3)17-24(28)7/h8-12,14-18H,1,13H2,2-7H3. The number of aryl methyl sites for hydroxylation is 6. The Labute approximate surface area is 182 Å². The Morgan fingerprint density at radius 1 is 0.767 bits per heavy atom. The van der Waals surface area contributed by atoms with Gasteiger partial charge in [0.1, 0.15) is 0 Å². The number of hydrogen-bond donors (Lipinski definition) is 0. The molecule has 0 fully saturated rings. The predicted octanol–water partition coefficient (Wildman–Crippen LogP) is 4.66. The molecule has 0 saturated heterocycles. The Balaban J connectivity index is 2.36. The molecule has 0 N–H and O–H groups in total. The van der Waals surface area contributed by atoms with Crippen LogP contribution in [0.25, 0.3) is 0 Å². The summed E-state index contributed by atoms with van der Waals surface area (Å²) in [6.07, 6.45) is 3.83. The van der Waals surface area contributed by atoms with E-state index < -0.39 is 0 Å². The lowest BCUT2D eigenvalue weighted by Gasteiger charge is -2.25. The second-order valence-electron chi connectivity index (χ2n) is 8.47. The van der Waals surface area contributed by atoms with Crippen molar-refractivity contribution in [1.82, 2.24) is 0 Å². The molecule has 2 heteroatoms. The third-order valence-electron chi connectivity index (χ3n) is 5.83. The van der Waals surface area contributed by atoms with Crippen molar-refractivity contribution >= 4 is 29.3 Å². The lowest BCUT2D eigenvalue weighted by molar-refractivity contribution is 1.26. The summed E-state index contributed by atoms with van der Waals surface area (Å²) in [6, 6.07) is 17.9. The highest BCUT2D eigenvalue weighted by Crippen LogP contribution is 2.13. The van der Waals surface area contributed by atoms with Gasteiger partial charge in [0.05, 0.1) is 6.54 Å². The fourth-order valence-electron chi connectivity index (χ4n) is 4.87. The fourth-order valence-corrected chi connectivity index (χ4v) is 4.87. The van der Waals surface area contributed by atoms with Gasteiger partial charge in [0.2, 0.25) is 6.71 Å². The van der Waals surface area contributed by atoms with Crippen LogP contribution >= 0.6 is 0 Å². The van der Waals surface area contributed by atoms with Crippen LogP contribution in [0.2, 0.25) is 0 Å². The van der Waals surface area contributed by atoms with E-state index in [1.807, 2.05) is 12.3 Å². The number of rotatable bonds is 6. The van der Waals surface area contributed by atoms with Crippen LogP contribution in [-0.4, -0.2) is 19.5 Å². The van der Waals surface area contributed by atoms with Crippen molar-refractivity contribution in [2.45, 2.75) is 41.5 Å². The number of hydrogen-bond acceptors (Lipinski definition) is 1. The molecule has 0 unspecified atom stereocenters. The van der Waals surface area contributed by atoms with E-state index in [1.165, 1.54) is 55.3 Å². The quantitative estimate of drug-likeness (QED) is 0.328. The number of benzene rings is 3. The molecule has 0 spiro atoms. The number of aliphatic imine (C=N–C) groups is 1. The van der Waals surface area contributed by atoms with Gasteiger partial charge in [-0.05, 0) is 47.1 Å². The molecule has 0 aliphatic rings. The third kappa shape index (κ3) is 4.49. The van der Waals surface area contributed by atoms with Crippen molar-refractivity contribution < 1.29 is 0 Å². The molecule has 3 aromatic rings. The minimum Gasteiger partial charge on any atom is -0.288 e. The SMILES string of the molecule is C=CCN=Cc1ccccc1B(c1c(C)cc(C)cc1C)c1c(C)cc(C)cc1C. The first-order valence-electron chi connectivity index (χ1n) is 10.7. The van der Waals surface area contributed by atoms with Crippen LogP contribution in [0.4, 0.5) is 0 Å². The van der Waals surface area contributed by atoms with Crippen molar-refractivity contribution in [3.63, 3.8) is 0 Å². The third-order valence-corrected chi connectivity index (χ3v) is 5.83. The molecule has 0 saturated carbocycles. The van der Waals surface area contributed by atoms with Crippen LogP contribution in [0.3, 0.4) is 0 Å². The average Bonchev–Trinajstić information content (AvgIpc) is 2.66. The molecule has 1 nitrogen and oxygen atoms in total. The zero-order valence-electron chi connectivity index (χ0n) is 19.2. The van der Waals surface area contributed by atoms with Gasteiger partial charge in [-0.3, -0.25) is 4.99 Å². The summed E-state index contributed by atoms with van der Waals surface area (Å²) >= 11 is 0. The zero-order chi connectivity index (χ0) is 21.8. The van der Waals surface area contributed by atoms with Gasteiger partial charge in [0, 0.05) is 6.21 Å². The van der Waals surface area contributed by atoms with Gasteiger partial charge in [-0.1, -0.05) is 104 Å². The van der Waals surface area contributed by atoms with Crippen molar-refractivity contribution in [1.29, 1.82) is 0 Å². The van der Waals surface area contributed by atoms with E-state index >= 15 is 0 Å². The lowest BCUT2D eigenvalue weighted by Crippen LogP contribution is -2.56. The maximum Gasteiger partial charge on any atom is 0.243 e. The normalized spacial score (nSPS) is 11.1. The van der Waals surface area contributed by atoms with Crippen molar-refractivity contribution in [2.75, 3.05) is 6.54 Å². The molecule has 30 heavy (non-hydrogen) atoms. The second kappa shape index (κ2) is 9.30. The van der Waals surface area contributed by atoms with Crippen molar-refractivity contribution in [3.05, 3.63) is 100 Å². The molecule has 0 radical (unpaired) electrons. The molecule has 0 heterocycles. The Morgan fingerprint density at radius 2 is 1.23 bits per heavy atom. The van der Waals surface area contributed by atoms with Gasteiger partial charge in [-0.25, -0.2) is 0 Å². The molecule has 152 valence electrons. The molecule has 3 rings (SSSR count). The Kier molecular flexibility index (Phi) is 6.77. The summed E-state index contributed by atoms with van der Waals surface area (Å²) in [6.45, 7) is 17.9. The Hall–Kier alpha value is -2.87. The predicted molar refractivity (Wildman–Crippen MR) is 135 cm³/mol. The topological polar surface area (TPSA) is 12.4 Å². The minimum atomic E-state index is 0.164. The summed E-state index contributed by atoms with van der Waals surface area (Å²) in [7, 11) is 0. The van der Waals surface area contributed by atoms with Crippen molar-refractivity contribution in [2.24, 2.45) is 4.99 Å². The van der Waals surface area contributed by atoms with Crippen LogP contribution in [0, 0.1) is 41.5 Å². The van der Waals surface area contributed by atoms with E-state index in [1.54, 1.807) is 0 Å². The van der Waals surface area contributed by atoms with E-state index in [4.69, 9.17) is 0 Å². The van der Waals surface area contributed by atoms with Gasteiger partial charge < -0.3 is 0 Å². The highest BCUT2D eigenvalue weighted by Gasteiger charge is 2.29. The highest BCUT2D eigenvalue weighted by molar-refractivity contribution is 6.97. The Bertz CT molecular complexity index is 1000. The van der Waals surface area contributed by atoms with Crippen LogP contribution in [0.5, 0.6) is 0 Å². The molecule has 3 aromatic carbocycles. The first-order chi connectivity index (χ1) is 14.3. The highest BCUT2D eigenvalue weighted by atomic mass is 14.7. The summed E-state index contributed by atoms with van der Waals surface area (Å²) in [4.78, 5) is 4.57. The minimum absolute atomic E-state index is 0.164.